The normalized spacial score (nSPS) is 12.2. The van der Waals surface area contributed by atoms with Crippen LogP contribution in [0.1, 0.15) is 12.5 Å². The maximum atomic E-state index is 13.2. The molecule has 1 atom stereocenters. The highest BCUT2D eigenvalue weighted by Gasteiger charge is 2.31. The molecule has 2 aromatic carbocycles. The van der Waals surface area contributed by atoms with Crippen molar-refractivity contribution in [3.8, 4) is 35.4 Å². The number of aliphatic hydroxyl groups is 1. The van der Waals surface area contributed by atoms with Gasteiger partial charge in [-0.15, -0.1) is 11.5 Å². The summed E-state index contributed by atoms with van der Waals surface area (Å²) in [6, 6.07) is 11.9. The summed E-state index contributed by atoms with van der Waals surface area (Å²) in [6.07, 6.45) is -0.127. The van der Waals surface area contributed by atoms with Crippen molar-refractivity contribution in [2.45, 2.75) is 19.2 Å². The van der Waals surface area contributed by atoms with Crippen LogP contribution in [0.2, 0.25) is 0 Å². The van der Waals surface area contributed by atoms with Crippen molar-refractivity contribution in [3.63, 3.8) is 0 Å². The van der Waals surface area contributed by atoms with Crippen LogP contribution in [0.5, 0.6) is 6.01 Å². The number of halogens is 3. The van der Waals surface area contributed by atoms with E-state index in [1.54, 1.807) is 31.2 Å². The lowest BCUT2D eigenvalue weighted by Crippen LogP contribution is -2.24. The van der Waals surface area contributed by atoms with Gasteiger partial charge in [0, 0.05) is 17.8 Å². The third-order valence-corrected chi connectivity index (χ3v) is 4.46. The molecular formula is C23H23F3N4O3. The number of alkyl halides is 3. The van der Waals surface area contributed by atoms with Gasteiger partial charge >= 0.3 is 12.2 Å². The topological polar surface area (TPSA) is 81.4 Å². The highest BCUT2D eigenvalue weighted by atomic mass is 19.4. The maximum Gasteiger partial charge on any atom is 0.416 e. The Labute approximate surface area is 189 Å². The SMILES string of the molecule is C#CCOCC(O)CNc1ccc(-n2nc(OCC)nc2-c2cccc(C(F)(F)F)c2)cc1. The van der Waals surface area contributed by atoms with E-state index in [0.29, 0.717) is 12.3 Å². The molecule has 0 aliphatic heterocycles. The summed E-state index contributed by atoms with van der Waals surface area (Å²) in [4.78, 5) is 4.27. The van der Waals surface area contributed by atoms with Gasteiger partial charge in [0.1, 0.15) is 6.61 Å². The number of hydrogen-bond acceptors (Lipinski definition) is 6. The van der Waals surface area contributed by atoms with Crippen LogP contribution in [0.4, 0.5) is 18.9 Å². The summed E-state index contributed by atoms with van der Waals surface area (Å²) in [6.45, 7) is 2.55. The van der Waals surface area contributed by atoms with E-state index in [-0.39, 0.29) is 37.2 Å². The Hall–Kier alpha value is -3.55. The van der Waals surface area contributed by atoms with Gasteiger partial charge in [-0.25, -0.2) is 4.68 Å². The van der Waals surface area contributed by atoms with E-state index in [1.807, 2.05) is 0 Å². The van der Waals surface area contributed by atoms with Crippen LogP contribution in [0.3, 0.4) is 0 Å². The number of hydrogen-bond donors (Lipinski definition) is 2. The van der Waals surface area contributed by atoms with E-state index < -0.39 is 17.8 Å². The van der Waals surface area contributed by atoms with Gasteiger partial charge in [-0.1, -0.05) is 18.1 Å². The molecule has 0 fully saturated rings. The molecule has 0 radical (unpaired) electrons. The average molecular weight is 460 g/mol. The molecule has 1 aromatic heterocycles. The number of rotatable bonds is 10. The Morgan fingerprint density at radius 1 is 1.21 bits per heavy atom. The van der Waals surface area contributed by atoms with Crippen LogP contribution in [0.25, 0.3) is 17.1 Å². The number of ether oxygens (including phenoxy) is 2. The zero-order valence-electron chi connectivity index (χ0n) is 17.8. The molecule has 3 aromatic rings. The van der Waals surface area contributed by atoms with Gasteiger partial charge in [-0.3, -0.25) is 0 Å². The van der Waals surface area contributed by atoms with Crippen molar-refractivity contribution in [1.29, 1.82) is 0 Å². The third kappa shape index (κ3) is 6.47. The molecule has 0 saturated heterocycles. The van der Waals surface area contributed by atoms with E-state index >= 15 is 0 Å². The minimum atomic E-state index is -4.48. The molecule has 7 nitrogen and oxygen atoms in total. The molecule has 0 bridgehead atoms. The minimum Gasteiger partial charge on any atom is -0.463 e. The quantitative estimate of drug-likeness (QED) is 0.354. The van der Waals surface area contributed by atoms with E-state index in [2.05, 4.69) is 21.3 Å². The van der Waals surface area contributed by atoms with Gasteiger partial charge in [-0.2, -0.15) is 18.2 Å². The van der Waals surface area contributed by atoms with E-state index in [0.717, 1.165) is 17.8 Å². The van der Waals surface area contributed by atoms with Crippen molar-refractivity contribution in [2.24, 2.45) is 0 Å². The second kappa shape index (κ2) is 10.8. The highest BCUT2D eigenvalue weighted by molar-refractivity contribution is 5.60. The third-order valence-electron chi connectivity index (χ3n) is 4.46. The Kier molecular flexibility index (Phi) is 7.92. The number of benzene rings is 2. The Morgan fingerprint density at radius 3 is 2.64 bits per heavy atom. The monoisotopic (exact) mass is 460 g/mol. The molecule has 0 aliphatic carbocycles. The second-order valence-electron chi connectivity index (χ2n) is 6.94. The first-order chi connectivity index (χ1) is 15.8. The molecule has 3 rings (SSSR count). The molecule has 0 spiro atoms. The van der Waals surface area contributed by atoms with Crippen LogP contribution >= 0.6 is 0 Å². The molecule has 1 unspecified atom stereocenters. The molecule has 1 heterocycles. The predicted molar refractivity (Wildman–Crippen MR) is 117 cm³/mol. The fraction of sp³-hybridized carbons (Fsp3) is 0.304. The Balaban J connectivity index is 1.82. The lowest BCUT2D eigenvalue weighted by molar-refractivity contribution is -0.137. The molecule has 0 saturated carbocycles. The number of nitrogens with zero attached hydrogens (tertiary/aromatic N) is 3. The molecule has 33 heavy (non-hydrogen) atoms. The van der Waals surface area contributed by atoms with Crippen molar-refractivity contribution in [1.82, 2.24) is 14.8 Å². The number of terminal acetylenes is 1. The van der Waals surface area contributed by atoms with Crippen molar-refractivity contribution in [2.75, 3.05) is 31.7 Å². The first kappa shape index (κ1) is 24.1. The van der Waals surface area contributed by atoms with Crippen molar-refractivity contribution < 1.29 is 27.8 Å². The van der Waals surface area contributed by atoms with Gasteiger partial charge in [-0.05, 0) is 43.3 Å². The number of nitrogens with one attached hydrogen (secondary N) is 1. The average Bonchev–Trinajstić information content (AvgIpc) is 3.22. The fourth-order valence-corrected chi connectivity index (χ4v) is 2.95. The van der Waals surface area contributed by atoms with E-state index in [1.165, 1.54) is 16.8 Å². The standard InChI is InChI=1S/C23H23F3N4O3/c1-3-12-32-15-20(31)14-27-18-8-10-19(11-9-18)30-21(28-22(29-30)33-4-2)16-6-5-7-17(13-16)23(24,25)26/h1,5-11,13,20,27,31H,4,12,14-15H2,2H3. The van der Waals surface area contributed by atoms with Gasteiger partial charge < -0.3 is 19.9 Å². The summed E-state index contributed by atoms with van der Waals surface area (Å²) >= 11 is 0. The molecule has 0 aliphatic rings. The Morgan fingerprint density at radius 2 is 1.97 bits per heavy atom. The molecule has 174 valence electrons. The molecule has 10 heteroatoms. The van der Waals surface area contributed by atoms with Crippen LogP contribution < -0.4 is 10.1 Å². The van der Waals surface area contributed by atoms with E-state index in [4.69, 9.17) is 15.9 Å². The van der Waals surface area contributed by atoms with Crippen molar-refractivity contribution >= 4 is 5.69 Å². The highest BCUT2D eigenvalue weighted by Crippen LogP contribution is 2.32. The van der Waals surface area contributed by atoms with Crippen LogP contribution in [-0.2, 0) is 10.9 Å². The maximum absolute atomic E-state index is 13.2. The zero-order chi connectivity index (χ0) is 23.8. The summed E-state index contributed by atoms with van der Waals surface area (Å²) in [5.41, 5.74) is 0.766. The molecule has 2 N–H and O–H groups in total. The summed E-state index contributed by atoms with van der Waals surface area (Å²) in [5.74, 6) is 2.54. The first-order valence-corrected chi connectivity index (χ1v) is 10.1. The van der Waals surface area contributed by atoms with Crippen LogP contribution in [0, 0.1) is 12.3 Å². The van der Waals surface area contributed by atoms with Crippen molar-refractivity contribution in [3.05, 3.63) is 54.1 Å². The lowest BCUT2D eigenvalue weighted by atomic mass is 10.1. The predicted octanol–water partition coefficient (Wildman–Crippen LogP) is 3.77. The van der Waals surface area contributed by atoms with Gasteiger partial charge in [0.15, 0.2) is 5.82 Å². The Bertz CT molecular complexity index is 1090. The number of aromatic nitrogens is 3. The smallest absolute Gasteiger partial charge is 0.416 e. The minimum absolute atomic E-state index is 0.0576. The second-order valence-corrected chi connectivity index (χ2v) is 6.94. The van der Waals surface area contributed by atoms with Crippen LogP contribution in [0.15, 0.2) is 48.5 Å². The largest absolute Gasteiger partial charge is 0.463 e. The van der Waals surface area contributed by atoms with Gasteiger partial charge in [0.25, 0.3) is 0 Å². The van der Waals surface area contributed by atoms with Gasteiger partial charge in [0.2, 0.25) is 0 Å². The lowest BCUT2D eigenvalue weighted by Gasteiger charge is -2.13. The molecular weight excluding hydrogens is 437 g/mol. The van der Waals surface area contributed by atoms with Crippen LogP contribution in [-0.4, -0.2) is 52.3 Å². The fourth-order valence-electron chi connectivity index (χ4n) is 2.95. The summed E-state index contributed by atoms with van der Waals surface area (Å²) in [5, 5.41) is 17.3. The zero-order valence-corrected chi connectivity index (χ0v) is 17.8. The van der Waals surface area contributed by atoms with E-state index in [9.17, 15) is 18.3 Å². The first-order valence-electron chi connectivity index (χ1n) is 10.1. The summed E-state index contributed by atoms with van der Waals surface area (Å²) < 4.78 is 51.4. The van der Waals surface area contributed by atoms with Gasteiger partial charge in [0.05, 0.1) is 30.6 Å². The number of anilines is 1. The number of aliphatic hydroxyl groups excluding tert-OH is 1. The molecule has 0 amide bonds. The summed E-state index contributed by atoms with van der Waals surface area (Å²) in [7, 11) is 0.